The van der Waals surface area contributed by atoms with Gasteiger partial charge in [-0.05, 0) is 11.6 Å². The highest BCUT2D eigenvalue weighted by Gasteiger charge is 2.43. The van der Waals surface area contributed by atoms with E-state index in [0.29, 0.717) is 11.6 Å². The molecule has 0 aromatic heterocycles. The minimum Gasteiger partial charge on any atom is -0.478 e. The van der Waals surface area contributed by atoms with Gasteiger partial charge in [-0.25, -0.2) is 9.00 Å². The Morgan fingerprint density at radius 2 is 1.76 bits per heavy atom. The molecule has 2 rings (SSSR count). The van der Waals surface area contributed by atoms with Crippen LogP contribution in [0.15, 0.2) is 53.6 Å². The Balaban J connectivity index is 2.66. The van der Waals surface area contributed by atoms with E-state index in [0.717, 1.165) is 6.08 Å². The number of allylic oxidation sites excluding steroid dienone is 3. The Bertz CT molecular complexity index is 683. The molecule has 1 aliphatic rings. The van der Waals surface area contributed by atoms with Gasteiger partial charge in [0.1, 0.15) is 0 Å². The fourth-order valence-electron chi connectivity index (χ4n) is 2.15. The van der Waals surface area contributed by atoms with E-state index in [1.54, 1.807) is 18.2 Å². The van der Waals surface area contributed by atoms with Crippen LogP contribution in [0.2, 0.25) is 0 Å². The average Bonchev–Trinajstić information content (AvgIpc) is 2.45. The number of alkyl halides is 3. The highest BCUT2D eigenvalue weighted by atomic mass is 32.1. The van der Waals surface area contributed by atoms with Crippen molar-refractivity contribution in [2.24, 2.45) is 0 Å². The summed E-state index contributed by atoms with van der Waals surface area (Å²) in [6, 6.07) is 7.80. The van der Waals surface area contributed by atoms with Crippen LogP contribution in [0.25, 0.3) is 0 Å². The van der Waals surface area contributed by atoms with Crippen molar-refractivity contribution in [2.45, 2.75) is 12.1 Å². The molecule has 1 atom stereocenters. The standard InChI is InChI=1S/C14H9F3O3S/c15-14(16,17)10-7-6-9(13(18)19)11(12(10)21-20)8-4-2-1-3-5-8/h1-7,11H,(H,18,19). The summed E-state index contributed by atoms with van der Waals surface area (Å²) < 4.78 is 50.1. The van der Waals surface area contributed by atoms with Crippen LogP contribution in [0.3, 0.4) is 0 Å². The number of aliphatic carboxylic acids is 1. The molecule has 3 nitrogen and oxygen atoms in total. The third-order valence-electron chi connectivity index (χ3n) is 3.04. The van der Waals surface area contributed by atoms with E-state index in [4.69, 9.17) is 5.11 Å². The molecule has 0 radical (unpaired) electrons. The quantitative estimate of drug-likeness (QED) is 0.854. The van der Waals surface area contributed by atoms with Crippen molar-refractivity contribution in [1.29, 1.82) is 0 Å². The van der Waals surface area contributed by atoms with E-state index < -0.39 is 28.5 Å². The fraction of sp³-hybridized carbons (Fsp3) is 0.143. The predicted octanol–water partition coefficient (Wildman–Crippen LogP) is 2.67. The molecule has 0 spiro atoms. The van der Waals surface area contributed by atoms with Crippen LogP contribution in [0.5, 0.6) is 0 Å². The lowest BCUT2D eigenvalue weighted by Gasteiger charge is -2.25. The molecule has 0 saturated heterocycles. The monoisotopic (exact) mass is 314 g/mol. The summed E-state index contributed by atoms with van der Waals surface area (Å²) in [7, 11) is 0. The van der Waals surface area contributed by atoms with Crippen LogP contribution in [0.1, 0.15) is 11.5 Å². The van der Waals surface area contributed by atoms with Gasteiger partial charge in [0.2, 0.25) is 0 Å². The van der Waals surface area contributed by atoms with Gasteiger partial charge in [-0.2, -0.15) is 13.2 Å². The molecule has 1 unspecified atom stereocenters. The summed E-state index contributed by atoms with van der Waals surface area (Å²) in [5.41, 5.74) is -1.02. The van der Waals surface area contributed by atoms with Gasteiger partial charge in [0.05, 0.1) is 27.6 Å². The number of carboxylic acid groups (broad SMARTS) is 1. The van der Waals surface area contributed by atoms with Crippen molar-refractivity contribution in [3.05, 3.63) is 59.2 Å². The second kappa shape index (κ2) is 5.69. The third-order valence-corrected chi connectivity index (χ3v) is 3.68. The van der Waals surface area contributed by atoms with Gasteiger partial charge in [-0.1, -0.05) is 36.4 Å². The number of carbonyl (C=O) groups is 1. The van der Waals surface area contributed by atoms with E-state index in [-0.39, 0.29) is 16.8 Å². The van der Waals surface area contributed by atoms with Crippen LogP contribution in [-0.2, 0) is 16.1 Å². The van der Waals surface area contributed by atoms with E-state index >= 15 is 0 Å². The lowest BCUT2D eigenvalue weighted by atomic mass is 9.81. The number of benzene rings is 1. The Morgan fingerprint density at radius 3 is 2.24 bits per heavy atom. The van der Waals surface area contributed by atoms with Crippen LogP contribution >= 0.6 is 0 Å². The molecule has 0 bridgehead atoms. The lowest BCUT2D eigenvalue weighted by Crippen LogP contribution is -2.30. The molecule has 21 heavy (non-hydrogen) atoms. The molecule has 1 aliphatic carbocycles. The first-order valence-electron chi connectivity index (χ1n) is 5.80. The van der Waals surface area contributed by atoms with Gasteiger partial charge in [0.25, 0.3) is 0 Å². The second-order valence-electron chi connectivity index (χ2n) is 4.30. The minimum absolute atomic E-state index is 0.257. The Morgan fingerprint density at radius 1 is 1.14 bits per heavy atom. The van der Waals surface area contributed by atoms with E-state index in [9.17, 15) is 22.2 Å². The van der Waals surface area contributed by atoms with Crippen molar-refractivity contribution in [3.63, 3.8) is 0 Å². The first kappa shape index (κ1) is 15.2. The normalized spacial score (nSPS) is 18.8. The third kappa shape index (κ3) is 2.97. The van der Waals surface area contributed by atoms with Crippen LogP contribution in [0.4, 0.5) is 13.2 Å². The molecule has 0 saturated carbocycles. The van der Waals surface area contributed by atoms with Crippen molar-refractivity contribution >= 4 is 22.1 Å². The van der Waals surface area contributed by atoms with Crippen LogP contribution < -0.4 is 0 Å². The smallest absolute Gasteiger partial charge is 0.417 e. The number of rotatable bonds is 2. The largest absolute Gasteiger partial charge is 0.478 e. The molecule has 1 aromatic rings. The minimum atomic E-state index is -4.71. The van der Waals surface area contributed by atoms with Crippen molar-refractivity contribution in [1.82, 2.24) is 0 Å². The van der Waals surface area contributed by atoms with E-state index in [2.05, 4.69) is 0 Å². The molecule has 0 amide bonds. The fourth-order valence-corrected chi connectivity index (χ4v) is 2.78. The van der Waals surface area contributed by atoms with E-state index in [1.807, 2.05) is 0 Å². The SMILES string of the molecule is O=S=C1C(C(F)(F)F)=CC=C(C(=O)O)C1c1ccccc1. The molecule has 1 aromatic carbocycles. The molecule has 0 aliphatic heterocycles. The second-order valence-corrected chi connectivity index (χ2v) is 4.90. The molecular formula is C14H9F3O3S. The molecule has 0 fully saturated rings. The summed E-state index contributed by atoms with van der Waals surface area (Å²) >= 11 is -0.321. The molecule has 7 heteroatoms. The average molecular weight is 314 g/mol. The summed E-state index contributed by atoms with van der Waals surface area (Å²) in [4.78, 5) is 10.7. The van der Waals surface area contributed by atoms with Crippen molar-refractivity contribution < 1.29 is 27.3 Å². The Kier molecular flexibility index (Phi) is 4.13. The van der Waals surface area contributed by atoms with E-state index in [1.165, 1.54) is 12.1 Å². The van der Waals surface area contributed by atoms with Gasteiger partial charge in [0.15, 0.2) is 0 Å². The van der Waals surface area contributed by atoms with Gasteiger partial charge < -0.3 is 5.11 Å². The van der Waals surface area contributed by atoms with Gasteiger partial charge >= 0.3 is 12.1 Å². The zero-order valence-electron chi connectivity index (χ0n) is 10.4. The first-order valence-corrected chi connectivity index (χ1v) is 6.54. The zero-order chi connectivity index (χ0) is 15.6. The maximum atomic E-state index is 13.0. The summed E-state index contributed by atoms with van der Waals surface area (Å²) in [6.45, 7) is 0. The Labute approximate surface area is 121 Å². The zero-order valence-corrected chi connectivity index (χ0v) is 11.2. The van der Waals surface area contributed by atoms with Gasteiger partial charge in [-0.3, -0.25) is 0 Å². The summed E-state index contributed by atoms with van der Waals surface area (Å²) in [6.07, 6.45) is -3.16. The summed E-state index contributed by atoms with van der Waals surface area (Å²) in [5, 5.41) is 9.17. The molecule has 110 valence electrons. The van der Waals surface area contributed by atoms with Crippen molar-refractivity contribution in [2.75, 3.05) is 0 Å². The number of carboxylic acids is 1. The van der Waals surface area contributed by atoms with Gasteiger partial charge in [-0.15, -0.1) is 0 Å². The lowest BCUT2D eigenvalue weighted by molar-refractivity contribution is -0.132. The maximum Gasteiger partial charge on any atom is 0.417 e. The molecule has 1 N–H and O–H groups in total. The topological polar surface area (TPSA) is 54.4 Å². The maximum absolute atomic E-state index is 13.0. The highest BCUT2D eigenvalue weighted by molar-refractivity contribution is 7.67. The predicted molar refractivity (Wildman–Crippen MR) is 72.2 cm³/mol. The Hall–Kier alpha value is -2.15. The molecular weight excluding hydrogens is 305 g/mol. The van der Waals surface area contributed by atoms with Gasteiger partial charge in [0, 0.05) is 5.57 Å². The highest BCUT2D eigenvalue weighted by Crippen LogP contribution is 2.38. The van der Waals surface area contributed by atoms with Crippen molar-refractivity contribution in [3.8, 4) is 0 Å². The summed E-state index contributed by atoms with van der Waals surface area (Å²) in [5.74, 6) is -2.57. The molecule has 0 heterocycles. The first-order chi connectivity index (χ1) is 9.86. The number of hydrogen-bond donors (Lipinski definition) is 1. The van der Waals surface area contributed by atoms with Crippen LogP contribution in [-0.4, -0.2) is 26.3 Å². The number of halogens is 3. The van der Waals surface area contributed by atoms with Crippen LogP contribution in [0, 0.1) is 0 Å². The number of hydrogen-bond acceptors (Lipinski definition) is 2.